The number of para-hydroxylation sites is 2. The lowest BCUT2D eigenvalue weighted by Gasteiger charge is -2.34. The minimum Gasteiger partial charge on any atom is -0.455 e. The maximum Gasteiger partial charge on any atom is 0.143 e. The largest absolute Gasteiger partial charge is 0.455 e. The molecule has 0 fully saturated rings. The summed E-state index contributed by atoms with van der Waals surface area (Å²) in [5.41, 5.74) is 16.9. The molecule has 0 amide bonds. The zero-order valence-corrected chi connectivity index (χ0v) is 31.2. The second kappa shape index (κ2) is 13.4. The lowest BCUT2D eigenvalue weighted by molar-refractivity contribution is 0.670. The summed E-state index contributed by atoms with van der Waals surface area (Å²) in [5, 5.41) is 2.27. The van der Waals surface area contributed by atoms with Crippen LogP contribution >= 0.6 is 0 Å². The minimum absolute atomic E-state index is 0.454. The van der Waals surface area contributed by atoms with Gasteiger partial charge in [0.15, 0.2) is 0 Å². The minimum atomic E-state index is -0.454. The second-order valence-electron chi connectivity index (χ2n) is 14.8. The molecule has 1 aliphatic carbocycles. The smallest absolute Gasteiger partial charge is 0.143 e. The van der Waals surface area contributed by atoms with Gasteiger partial charge in [0.2, 0.25) is 0 Å². The number of nitrogens with zero attached hydrogens (tertiary/aromatic N) is 1. The summed E-state index contributed by atoms with van der Waals surface area (Å²) in [6.07, 6.45) is 0. The van der Waals surface area contributed by atoms with Gasteiger partial charge in [-0.05, 0) is 92.5 Å². The monoisotopic (exact) mass is 727 g/mol. The van der Waals surface area contributed by atoms with Crippen LogP contribution in [0.3, 0.4) is 0 Å². The van der Waals surface area contributed by atoms with Gasteiger partial charge in [0.05, 0.1) is 5.41 Å². The van der Waals surface area contributed by atoms with Gasteiger partial charge < -0.3 is 9.32 Å². The summed E-state index contributed by atoms with van der Waals surface area (Å²) in [6.45, 7) is 0. The highest BCUT2D eigenvalue weighted by molar-refractivity contribution is 6.09. The zero-order chi connectivity index (χ0) is 37.8. The van der Waals surface area contributed by atoms with Crippen molar-refractivity contribution in [2.75, 3.05) is 4.90 Å². The van der Waals surface area contributed by atoms with Gasteiger partial charge in [0.25, 0.3) is 0 Å². The number of furan rings is 1. The highest BCUT2D eigenvalue weighted by Crippen LogP contribution is 2.56. The van der Waals surface area contributed by atoms with E-state index < -0.39 is 5.41 Å². The van der Waals surface area contributed by atoms with Crippen molar-refractivity contribution in [3.05, 3.63) is 247 Å². The fourth-order valence-corrected chi connectivity index (χ4v) is 9.24. The van der Waals surface area contributed by atoms with E-state index in [-0.39, 0.29) is 0 Å². The van der Waals surface area contributed by atoms with Gasteiger partial charge in [-0.25, -0.2) is 0 Å². The van der Waals surface area contributed by atoms with Gasteiger partial charge in [0, 0.05) is 33.4 Å². The summed E-state index contributed by atoms with van der Waals surface area (Å²) in [5.74, 6) is 0. The SMILES string of the molecule is c1ccc(-c2cccc(N(c3ccc(-c4cccc5c4oc4ccccc45)cc3)c3ccc(C4(c5ccccc5)c5ccccc5-c5ccccc54)cc3)c2)cc1. The Bertz CT molecular complexity index is 3010. The lowest BCUT2D eigenvalue weighted by atomic mass is 9.68. The van der Waals surface area contributed by atoms with Crippen LogP contribution in [0.25, 0.3) is 55.3 Å². The van der Waals surface area contributed by atoms with Gasteiger partial charge in [-0.2, -0.15) is 0 Å². The van der Waals surface area contributed by atoms with Crippen LogP contribution in [0.5, 0.6) is 0 Å². The summed E-state index contributed by atoms with van der Waals surface area (Å²) in [6, 6.07) is 81.1. The zero-order valence-electron chi connectivity index (χ0n) is 31.2. The normalized spacial score (nSPS) is 12.7. The third kappa shape index (κ3) is 5.26. The van der Waals surface area contributed by atoms with E-state index in [0.717, 1.165) is 50.1 Å². The Morgan fingerprint density at radius 3 is 1.58 bits per heavy atom. The number of rotatable bonds is 7. The molecule has 11 rings (SSSR count). The maximum absolute atomic E-state index is 6.44. The van der Waals surface area contributed by atoms with Crippen LogP contribution in [0.1, 0.15) is 22.3 Å². The molecular weight excluding hydrogens is 691 g/mol. The molecular formula is C55H37NO. The molecule has 0 bridgehead atoms. The van der Waals surface area contributed by atoms with E-state index in [2.05, 4.69) is 217 Å². The van der Waals surface area contributed by atoms with Crippen molar-refractivity contribution in [3.8, 4) is 33.4 Å². The number of fused-ring (bicyclic) bond motifs is 6. The van der Waals surface area contributed by atoms with Crippen LogP contribution in [-0.4, -0.2) is 0 Å². The topological polar surface area (TPSA) is 16.4 Å². The second-order valence-corrected chi connectivity index (χ2v) is 14.8. The van der Waals surface area contributed by atoms with Gasteiger partial charge >= 0.3 is 0 Å². The summed E-state index contributed by atoms with van der Waals surface area (Å²) in [7, 11) is 0. The number of anilines is 3. The molecule has 10 aromatic rings. The number of hydrogen-bond donors (Lipinski definition) is 0. The molecule has 1 heterocycles. The number of hydrogen-bond acceptors (Lipinski definition) is 2. The fraction of sp³-hybridized carbons (Fsp3) is 0.0182. The van der Waals surface area contributed by atoms with E-state index in [1.165, 1.54) is 44.5 Å². The molecule has 2 nitrogen and oxygen atoms in total. The maximum atomic E-state index is 6.44. The average molecular weight is 728 g/mol. The van der Waals surface area contributed by atoms with Crippen LogP contribution in [0.2, 0.25) is 0 Å². The first kappa shape index (κ1) is 33.0. The van der Waals surface area contributed by atoms with Crippen molar-refractivity contribution in [1.82, 2.24) is 0 Å². The Hall–Kier alpha value is -7.42. The quantitative estimate of drug-likeness (QED) is 0.163. The molecule has 57 heavy (non-hydrogen) atoms. The van der Waals surface area contributed by atoms with E-state index in [1.54, 1.807) is 0 Å². The van der Waals surface area contributed by atoms with Crippen LogP contribution in [-0.2, 0) is 5.41 Å². The first-order chi connectivity index (χ1) is 28.3. The van der Waals surface area contributed by atoms with Crippen molar-refractivity contribution in [2.24, 2.45) is 0 Å². The van der Waals surface area contributed by atoms with E-state index >= 15 is 0 Å². The Kier molecular flexibility index (Phi) is 7.75. The van der Waals surface area contributed by atoms with Crippen molar-refractivity contribution in [3.63, 3.8) is 0 Å². The Morgan fingerprint density at radius 1 is 0.333 bits per heavy atom. The molecule has 9 aromatic carbocycles. The molecule has 268 valence electrons. The molecule has 0 radical (unpaired) electrons. The average Bonchev–Trinajstić information content (AvgIpc) is 3.82. The van der Waals surface area contributed by atoms with E-state index in [0.29, 0.717) is 0 Å². The van der Waals surface area contributed by atoms with E-state index in [9.17, 15) is 0 Å². The predicted molar refractivity (Wildman–Crippen MR) is 237 cm³/mol. The fourth-order valence-electron chi connectivity index (χ4n) is 9.24. The molecule has 0 saturated carbocycles. The molecule has 1 aromatic heterocycles. The van der Waals surface area contributed by atoms with Crippen molar-refractivity contribution >= 4 is 39.0 Å². The molecule has 0 unspecified atom stereocenters. The first-order valence-electron chi connectivity index (χ1n) is 19.6. The molecule has 0 saturated heterocycles. The molecule has 0 aliphatic heterocycles. The molecule has 0 N–H and O–H groups in total. The highest BCUT2D eigenvalue weighted by Gasteiger charge is 2.45. The van der Waals surface area contributed by atoms with Crippen molar-refractivity contribution in [2.45, 2.75) is 5.41 Å². The van der Waals surface area contributed by atoms with E-state index in [1.807, 2.05) is 12.1 Å². The highest BCUT2D eigenvalue weighted by atomic mass is 16.3. The predicted octanol–water partition coefficient (Wildman–Crippen LogP) is 14.8. The third-order valence-electron chi connectivity index (χ3n) is 11.8. The third-order valence-corrected chi connectivity index (χ3v) is 11.8. The first-order valence-corrected chi connectivity index (χ1v) is 19.6. The van der Waals surface area contributed by atoms with Crippen molar-refractivity contribution in [1.29, 1.82) is 0 Å². The van der Waals surface area contributed by atoms with Crippen LogP contribution in [0.4, 0.5) is 17.1 Å². The van der Waals surface area contributed by atoms with Crippen molar-refractivity contribution < 1.29 is 4.42 Å². The molecule has 0 spiro atoms. The summed E-state index contributed by atoms with van der Waals surface area (Å²) in [4.78, 5) is 2.37. The Morgan fingerprint density at radius 2 is 0.860 bits per heavy atom. The van der Waals surface area contributed by atoms with Gasteiger partial charge in [-0.1, -0.05) is 182 Å². The number of benzene rings is 9. The standard InChI is InChI=1S/C55H37NO/c1-3-15-38(16-4-1)40-17-13-20-45(37-40)56(43-33-29-39(30-34-43)46-24-14-25-50-49-23-9-12-28-53(49)57-54(46)50)44-35-31-42(32-36-44)55(41-18-5-2-6-19-41)51-26-10-7-21-47(51)48-22-8-11-27-52(48)55/h1-37H. The molecule has 1 aliphatic rings. The Labute approximate surface area is 332 Å². The van der Waals surface area contributed by atoms with Crippen LogP contribution < -0.4 is 4.90 Å². The van der Waals surface area contributed by atoms with Gasteiger partial charge in [-0.15, -0.1) is 0 Å². The summed E-state index contributed by atoms with van der Waals surface area (Å²) >= 11 is 0. The van der Waals surface area contributed by atoms with E-state index in [4.69, 9.17) is 4.42 Å². The molecule has 2 heteroatoms. The van der Waals surface area contributed by atoms with Gasteiger partial charge in [-0.3, -0.25) is 0 Å². The summed E-state index contributed by atoms with van der Waals surface area (Å²) < 4.78 is 6.44. The van der Waals surface area contributed by atoms with Crippen LogP contribution in [0, 0.1) is 0 Å². The lowest BCUT2D eigenvalue weighted by Crippen LogP contribution is -2.28. The van der Waals surface area contributed by atoms with Gasteiger partial charge in [0.1, 0.15) is 11.2 Å². The van der Waals surface area contributed by atoms with Crippen LogP contribution in [0.15, 0.2) is 229 Å². The Balaban J connectivity index is 1.06. The molecule has 0 atom stereocenters.